The largest absolute Gasteiger partial charge is 0.314 e. The van der Waals surface area contributed by atoms with Crippen molar-refractivity contribution in [2.45, 2.75) is 83.3 Å². The lowest BCUT2D eigenvalue weighted by Gasteiger charge is -2.42. The number of nitrogens with one attached hydrogen (secondary N) is 1. The zero-order valence-electron chi connectivity index (χ0n) is 12.9. The van der Waals surface area contributed by atoms with Crippen LogP contribution in [-0.2, 0) is 0 Å². The average Bonchev–Trinajstić information content (AvgIpc) is 2.64. The molecule has 0 aromatic carbocycles. The Morgan fingerprint density at radius 2 is 1.68 bits per heavy atom. The summed E-state index contributed by atoms with van der Waals surface area (Å²) in [6.45, 7) is 7.30. The van der Waals surface area contributed by atoms with Gasteiger partial charge in [-0.25, -0.2) is 0 Å². The summed E-state index contributed by atoms with van der Waals surface area (Å²) in [6.07, 6.45) is 11.7. The van der Waals surface area contributed by atoms with Gasteiger partial charge in [0.05, 0.1) is 0 Å². The molecule has 0 aromatic heterocycles. The molecule has 1 aliphatic carbocycles. The Labute approximate surface area is 119 Å². The van der Waals surface area contributed by atoms with E-state index in [-0.39, 0.29) is 0 Å². The van der Waals surface area contributed by atoms with Gasteiger partial charge in [-0.1, -0.05) is 33.1 Å². The van der Waals surface area contributed by atoms with Crippen LogP contribution in [0.5, 0.6) is 0 Å². The molecule has 2 saturated heterocycles. The summed E-state index contributed by atoms with van der Waals surface area (Å²) < 4.78 is 0. The van der Waals surface area contributed by atoms with Crippen molar-refractivity contribution in [1.82, 2.24) is 10.2 Å². The van der Waals surface area contributed by atoms with Gasteiger partial charge >= 0.3 is 0 Å². The van der Waals surface area contributed by atoms with E-state index in [1.54, 1.807) is 0 Å². The first-order chi connectivity index (χ1) is 9.28. The zero-order chi connectivity index (χ0) is 13.2. The fourth-order valence-electron chi connectivity index (χ4n) is 4.96. The number of fused-ring (bicyclic) bond motifs is 2. The molecule has 1 N–H and O–H groups in total. The average molecular weight is 264 g/mol. The van der Waals surface area contributed by atoms with Gasteiger partial charge in [0.25, 0.3) is 0 Å². The van der Waals surface area contributed by atoms with Crippen molar-refractivity contribution < 1.29 is 0 Å². The molecule has 4 unspecified atom stereocenters. The second kappa shape index (κ2) is 6.13. The van der Waals surface area contributed by atoms with E-state index in [0.717, 1.165) is 36.5 Å². The molecule has 2 aliphatic heterocycles. The van der Waals surface area contributed by atoms with Crippen LogP contribution >= 0.6 is 0 Å². The van der Waals surface area contributed by atoms with Crippen molar-refractivity contribution in [2.24, 2.45) is 11.8 Å². The highest BCUT2D eigenvalue weighted by Gasteiger charge is 2.41. The van der Waals surface area contributed by atoms with Gasteiger partial charge < -0.3 is 5.32 Å². The van der Waals surface area contributed by atoms with E-state index in [1.807, 2.05) is 0 Å². The Morgan fingerprint density at radius 1 is 1.00 bits per heavy atom. The van der Waals surface area contributed by atoms with Gasteiger partial charge in [-0.05, 0) is 50.5 Å². The second-order valence-corrected chi connectivity index (χ2v) is 7.33. The van der Waals surface area contributed by atoms with Gasteiger partial charge in [-0.15, -0.1) is 0 Å². The van der Waals surface area contributed by atoms with Gasteiger partial charge in [0.1, 0.15) is 0 Å². The maximum absolute atomic E-state index is 3.69. The van der Waals surface area contributed by atoms with E-state index in [0.29, 0.717) is 0 Å². The van der Waals surface area contributed by atoms with E-state index >= 15 is 0 Å². The summed E-state index contributed by atoms with van der Waals surface area (Å²) in [5.74, 6) is 1.96. The Morgan fingerprint density at radius 3 is 2.32 bits per heavy atom. The van der Waals surface area contributed by atoms with E-state index in [1.165, 1.54) is 57.9 Å². The van der Waals surface area contributed by atoms with E-state index in [2.05, 4.69) is 24.1 Å². The third kappa shape index (κ3) is 3.00. The summed E-state index contributed by atoms with van der Waals surface area (Å²) in [5.41, 5.74) is 0. The molecule has 0 radical (unpaired) electrons. The molecule has 3 rings (SSSR count). The molecule has 2 nitrogen and oxygen atoms in total. The summed E-state index contributed by atoms with van der Waals surface area (Å²) in [4.78, 5) is 2.92. The Hall–Kier alpha value is -0.0800. The topological polar surface area (TPSA) is 15.3 Å². The highest BCUT2D eigenvalue weighted by atomic mass is 15.2. The normalized spacial score (nSPS) is 43.6. The van der Waals surface area contributed by atoms with Gasteiger partial charge in [0.2, 0.25) is 0 Å². The molecular weight excluding hydrogens is 232 g/mol. The molecule has 4 atom stereocenters. The monoisotopic (exact) mass is 264 g/mol. The predicted molar refractivity (Wildman–Crippen MR) is 81.3 cm³/mol. The maximum Gasteiger partial charge on any atom is 0.0114 e. The number of hydrogen-bond donors (Lipinski definition) is 1. The van der Waals surface area contributed by atoms with Crippen molar-refractivity contribution in [3.8, 4) is 0 Å². The summed E-state index contributed by atoms with van der Waals surface area (Å²) in [5, 5.41) is 3.69. The first kappa shape index (κ1) is 13.9. The molecule has 3 aliphatic rings. The molecule has 1 saturated carbocycles. The fraction of sp³-hybridized carbons (Fsp3) is 1.00. The molecule has 19 heavy (non-hydrogen) atoms. The van der Waals surface area contributed by atoms with Crippen molar-refractivity contribution >= 4 is 0 Å². The van der Waals surface area contributed by atoms with Crippen molar-refractivity contribution in [3.05, 3.63) is 0 Å². The summed E-state index contributed by atoms with van der Waals surface area (Å²) in [6, 6.07) is 2.61. The lowest BCUT2D eigenvalue weighted by Crippen LogP contribution is -2.51. The number of hydrogen-bond acceptors (Lipinski definition) is 2. The van der Waals surface area contributed by atoms with E-state index in [9.17, 15) is 0 Å². The molecule has 2 heterocycles. The Bertz CT molecular complexity index is 277. The van der Waals surface area contributed by atoms with Crippen molar-refractivity contribution in [3.63, 3.8) is 0 Å². The van der Waals surface area contributed by atoms with Crippen LogP contribution in [0.2, 0.25) is 0 Å². The van der Waals surface area contributed by atoms with Crippen molar-refractivity contribution in [2.75, 3.05) is 13.1 Å². The molecule has 110 valence electrons. The predicted octanol–water partition coefficient (Wildman–Crippen LogP) is 3.42. The number of nitrogens with zero attached hydrogens (tertiary/aromatic N) is 1. The molecule has 3 fully saturated rings. The van der Waals surface area contributed by atoms with E-state index < -0.39 is 0 Å². The Balaban J connectivity index is 1.57. The van der Waals surface area contributed by atoms with Gasteiger partial charge in [0.15, 0.2) is 0 Å². The molecule has 2 heteroatoms. The number of piperidine rings is 1. The Kier molecular flexibility index (Phi) is 4.48. The fourth-order valence-corrected chi connectivity index (χ4v) is 4.96. The van der Waals surface area contributed by atoms with Gasteiger partial charge in [-0.2, -0.15) is 0 Å². The van der Waals surface area contributed by atoms with Crippen LogP contribution in [0.1, 0.15) is 65.2 Å². The second-order valence-electron chi connectivity index (χ2n) is 7.33. The van der Waals surface area contributed by atoms with E-state index in [4.69, 9.17) is 0 Å². The van der Waals surface area contributed by atoms with Crippen LogP contribution in [-0.4, -0.2) is 36.1 Å². The first-order valence-corrected chi connectivity index (χ1v) is 8.77. The van der Waals surface area contributed by atoms with Crippen molar-refractivity contribution in [1.29, 1.82) is 0 Å². The third-order valence-corrected chi connectivity index (χ3v) is 6.11. The summed E-state index contributed by atoms with van der Waals surface area (Å²) >= 11 is 0. The maximum atomic E-state index is 3.69. The van der Waals surface area contributed by atoms with Crippen LogP contribution in [0.15, 0.2) is 0 Å². The standard InChI is InChI=1S/C17H32N2/c1-3-18-15-10-16-8-9-17(11-15)19(16)12-14-7-5-4-6-13(14)2/h13-18H,3-12H2,1-2H3. The highest BCUT2D eigenvalue weighted by molar-refractivity contribution is 4.98. The molecule has 2 bridgehead atoms. The summed E-state index contributed by atoms with van der Waals surface area (Å²) in [7, 11) is 0. The van der Waals surface area contributed by atoms with Gasteiger partial charge in [-0.3, -0.25) is 4.90 Å². The smallest absolute Gasteiger partial charge is 0.0114 e. The molecular formula is C17H32N2. The van der Waals surface area contributed by atoms with Crippen LogP contribution in [0.3, 0.4) is 0 Å². The third-order valence-electron chi connectivity index (χ3n) is 6.11. The number of rotatable bonds is 4. The minimum atomic E-state index is 0.808. The lowest BCUT2D eigenvalue weighted by atomic mass is 9.79. The minimum Gasteiger partial charge on any atom is -0.314 e. The van der Waals surface area contributed by atoms with Gasteiger partial charge in [0, 0.05) is 24.7 Å². The molecule has 0 spiro atoms. The zero-order valence-corrected chi connectivity index (χ0v) is 12.9. The minimum absolute atomic E-state index is 0.808. The first-order valence-electron chi connectivity index (χ1n) is 8.77. The molecule has 0 aromatic rings. The quantitative estimate of drug-likeness (QED) is 0.837. The van der Waals surface area contributed by atoms with Crippen LogP contribution < -0.4 is 5.32 Å². The van der Waals surface area contributed by atoms with Crippen LogP contribution in [0, 0.1) is 11.8 Å². The van der Waals surface area contributed by atoms with Crippen LogP contribution in [0.25, 0.3) is 0 Å². The lowest BCUT2D eigenvalue weighted by molar-refractivity contribution is 0.0740. The van der Waals surface area contributed by atoms with Crippen LogP contribution in [0.4, 0.5) is 0 Å². The SMILES string of the molecule is CCNC1CC2CCC(C1)N2CC1CCCCC1C. The highest BCUT2D eigenvalue weighted by Crippen LogP contribution is 2.39. The molecule has 0 amide bonds.